The number of carbonyl (C=O) groups is 1. The van der Waals surface area contributed by atoms with Crippen molar-refractivity contribution in [2.24, 2.45) is 0 Å². The summed E-state index contributed by atoms with van der Waals surface area (Å²) < 4.78 is 15.4. The van der Waals surface area contributed by atoms with Crippen molar-refractivity contribution in [2.75, 3.05) is 6.61 Å². The van der Waals surface area contributed by atoms with Crippen LogP contribution in [0.3, 0.4) is 0 Å². The highest BCUT2D eigenvalue weighted by molar-refractivity contribution is 6.48. The van der Waals surface area contributed by atoms with E-state index >= 15 is 0 Å². The summed E-state index contributed by atoms with van der Waals surface area (Å²) in [5, 5.41) is 18.4. The highest BCUT2D eigenvalue weighted by atomic mass is 16.7. The van der Waals surface area contributed by atoms with Crippen LogP contribution in [0.1, 0.15) is 12.5 Å². The Kier molecular flexibility index (Phi) is 3.73. The van der Waals surface area contributed by atoms with Crippen LogP contribution < -0.4 is 14.9 Å². The molecule has 0 amide bonds. The zero-order valence-electron chi connectivity index (χ0n) is 9.88. The fourth-order valence-electron chi connectivity index (χ4n) is 1.74. The minimum absolute atomic E-state index is 0.226. The van der Waals surface area contributed by atoms with Crippen LogP contribution in [-0.2, 0) is 16.1 Å². The van der Waals surface area contributed by atoms with Gasteiger partial charge in [0.25, 0.3) is 0 Å². The molecule has 0 saturated heterocycles. The van der Waals surface area contributed by atoms with Crippen LogP contribution in [0, 0.1) is 0 Å². The first-order chi connectivity index (χ1) is 8.71. The highest BCUT2D eigenvalue weighted by Gasteiger charge is 2.34. The number of esters is 1. The zero-order chi connectivity index (χ0) is 13.1. The second-order valence-corrected chi connectivity index (χ2v) is 3.67. The second kappa shape index (κ2) is 5.28. The molecule has 0 radical (unpaired) electrons. The van der Waals surface area contributed by atoms with Gasteiger partial charge >= 0.3 is 19.7 Å². The van der Waals surface area contributed by atoms with Gasteiger partial charge in [0.15, 0.2) is 11.5 Å². The SMILES string of the molecule is CCOC(=O)C1Oc2ccc(CO)c(BO)c2O1. The molecule has 1 heterocycles. The molecular weight excluding hydrogens is 239 g/mol. The standard InChI is InChI=1S/C11H13BO6/c1-2-16-10(14)11-17-7-4-3-6(5-13)8(12-15)9(7)18-11/h3-4,11-13,15H,2,5H2,1H3. The summed E-state index contributed by atoms with van der Waals surface area (Å²) in [7, 11) is -0.308. The summed E-state index contributed by atoms with van der Waals surface area (Å²) in [5.74, 6) is 0.0135. The van der Waals surface area contributed by atoms with Gasteiger partial charge < -0.3 is 24.3 Å². The van der Waals surface area contributed by atoms with Crippen LogP contribution in [0.5, 0.6) is 11.5 Å². The van der Waals surface area contributed by atoms with E-state index in [1.165, 1.54) is 0 Å². The Balaban J connectivity index is 2.26. The summed E-state index contributed by atoms with van der Waals surface area (Å²) in [6.07, 6.45) is -1.15. The second-order valence-electron chi connectivity index (χ2n) is 3.67. The molecule has 2 rings (SSSR count). The number of carbonyl (C=O) groups excluding carboxylic acids is 1. The van der Waals surface area contributed by atoms with E-state index in [-0.39, 0.29) is 26.4 Å². The maximum atomic E-state index is 11.5. The van der Waals surface area contributed by atoms with Gasteiger partial charge in [0.05, 0.1) is 13.2 Å². The first kappa shape index (κ1) is 12.7. The van der Waals surface area contributed by atoms with Crippen molar-refractivity contribution in [3.05, 3.63) is 17.7 Å². The monoisotopic (exact) mass is 252 g/mol. The minimum atomic E-state index is -1.15. The molecule has 0 fully saturated rings. The van der Waals surface area contributed by atoms with Gasteiger partial charge in [-0.3, -0.25) is 0 Å². The third-order valence-electron chi connectivity index (χ3n) is 2.59. The van der Waals surface area contributed by atoms with Crippen molar-refractivity contribution in [3.8, 4) is 11.5 Å². The summed E-state index contributed by atoms with van der Waals surface area (Å²) in [6.45, 7) is 1.69. The molecule has 0 bridgehead atoms. The fraction of sp³-hybridized carbons (Fsp3) is 0.364. The number of benzene rings is 1. The Morgan fingerprint density at radius 2 is 2.28 bits per heavy atom. The van der Waals surface area contributed by atoms with Crippen molar-refractivity contribution in [1.29, 1.82) is 0 Å². The van der Waals surface area contributed by atoms with Crippen LogP contribution in [0.15, 0.2) is 12.1 Å². The Hall–Kier alpha value is -1.73. The van der Waals surface area contributed by atoms with Gasteiger partial charge in [0.2, 0.25) is 0 Å². The van der Waals surface area contributed by atoms with E-state index in [1.807, 2.05) is 0 Å². The van der Waals surface area contributed by atoms with E-state index in [1.54, 1.807) is 19.1 Å². The molecule has 96 valence electrons. The lowest BCUT2D eigenvalue weighted by Gasteiger charge is -2.09. The molecule has 1 aliphatic rings. The van der Waals surface area contributed by atoms with E-state index in [0.29, 0.717) is 16.8 Å². The molecule has 2 N–H and O–H groups in total. The van der Waals surface area contributed by atoms with Crippen LogP contribution >= 0.6 is 0 Å². The van der Waals surface area contributed by atoms with Gasteiger partial charge in [-0.1, -0.05) is 6.07 Å². The maximum absolute atomic E-state index is 11.5. The number of hydrogen-bond acceptors (Lipinski definition) is 6. The number of ether oxygens (including phenoxy) is 3. The van der Waals surface area contributed by atoms with Gasteiger partial charge in [0, 0.05) is 0 Å². The van der Waals surface area contributed by atoms with Gasteiger partial charge in [-0.2, -0.15) is 0 Å². The van der Waals surface area contributed by atoms with Gasteiger partial charge in [0.1, 0.15) is 0 Å². The number of fused-ring (bicyclic) bond motifs is 1. The van der Waals surface area contributed by atoms with Gasteiger partial charge in [-0.05, 0) is 24.0 Å². The van der Waals surface area contributed by atoms with Crippen LogP contribution in [0.2, 0.25) is 0 Å². The molecule has 1 aromatic rings. The molecule has 0 aromatic heterocycles. The molecule has 6 nitrogen and oxygen atoms in total. The number of hydrogen-bond donors (Lipinski definition) is 2. The van der Waals surface area contributed by atoms with Gasteiger partial charge in [-0.15, -0.1) is 0 Å². The van der Waals surface area contributed by atoms with Crippen LogP contribution in [0.4, 0.5) is 0 Å². The smallest absolute Gasteiger partial charge is 0.389 e. The first-order valence-corrected chi connectivity index (χ1v) is 5.57. The molecule has 1 aromatic carbocycles. The van der Waals surface area contributed by atoms with Crippen molar-refractivity contribution < 1.29 is 29.1 Å². The lowest BCUT2D eigenvalue weighted by molar-refractivity contribution is -0.161. The molecular formula is C11H13BO6. The van der Waals surface area contributed by atoms with Crippen LogP contribution in [-0.4, -0.2) is 36.5 Å². The molecule has 0 spiro atoms. The fourth-order valence-corrected chi connectivity index (χ4v) is 1.74. The largest absolute Gasteiger partial charge is 0.460 e. The average Bonchev–Trinajstić information content (AvgIpc) is 2.81. The third-order valence-corrected chi connectivity index (χ3v) is 2.59. The highest BCUT2D eigenvalue weighted by Crippen LogP contribution is 2.33. The number of aliphatic hydroxyl groups excluding tert-OH is 1. The normalized spacial score (nSPS) is 16.5. The molecule has 18 heavy (non-hydrogen) atoms. The minimum Gasteiger partial charge on any atom is -0.460 e. The molecule has 1 unspecified atom stereocenters. The van der Waals surface area contributed by atoms with Crippen molar-refractivity contribution in [1.82, 2.24) is 0 Å². The first-order valence-electron chi connectivity index (χ1n) is 5.57. The summed E-state index contributed by atoms with van der Waals surface area (Å²) in [6, 6.07) is 3.19. The molecule has 1 atom stereocenters. The Morgan fingerprint density at radius 1 is 1.50 bits per heavy atom. The Bertz CT molecular complexity index is 461. The molecule has 0 saturated carbocycles. The summed E-state index contributed by atoms with van der Waals surface area (Å²) in [5.41, 5.74) is 0.950. The zero-order valence-corrected chi connectivity index (χ0v) is 9.88. The summed E-state index contributed by atoms with van der Waals surface area (Å²) >= 11 is 0. The molecule has 1 aliphatic heterocycles. The van der Waals surface area contributed by atoms with Gasteiger partial charge in [-0.25, -0.2) is 4.79 Å². The lowest BCUT2D eigenvalue weighted by Crippen LogP contribution is -2.32. The average molecular weight is 252 g/mol. The Labute approximate surface area is 104 Å². The quantitative estimate of drug-likeness (QED) is 0.517. The van der Waals surface area contributed by atoms with Crippen LogP contribution in [0.25, 0.3) is 0 Å². The molecule has 7 heteroatoms. The third kappa shape index (κ3) is 2.14. The van der Waals surface area contributed by atoms with Crippen molar-refractivity contribution >= 4 is 18.9 Å². The van der Waals surface area contributed by atoms with E-state index < -0.39 is 12.3 Å². The summed E-state index contributed by atoms with van der Waals surface area (Å²) in [4.78, 5) is 11.5. The van der Waals surface area contributed by atoms with Crippen molar-refractivity contribution in [3.63, 3.8) is 0 Å². The molecule has 0 aliphatic carbocycles. The van der Waals surface area contributed by atoms with E-state index in [2.05, 4.69) is 0 Å². The topological polar surface area (TPSA) is 85.2 Å². The lowest BCUT2D eigenvalue weighted by atomic mass is 9.83. The Morgan fingerprint density at radius 3 is 2.89 bits per heavy atom. The maximum Gasteiger partial charge on any atom is 0.389 e. The van der Waals surface area contributed by atoms with E-state index in [0.717, 1.165) is 0 Å². The number of aliphatic hydroxyl groups is 1. The van der Waals surface area contributed by atoms with E-state index in [9.17, 15) is 9.82 Å². The van der Waals surface area contributed by atoms with E-state index in [4.69, 9.17) is 19.3 Å². The predicted octanol–water partition coefficient (Wildman–Crippen LogP) is -1.19. The predicted molar refractivity (Wildman–Crippen MR) is 63.0 cm³/mol. The van der Waals surface area contributed by atoms with Crippen molar-refractivity contribution in [2.45, 2.75) is 19.8 Å². The number of rotatable bonds is 4.